The first-order chi connectivity index (χ1) is 8.22. The van der Waals surface area contributed by atoms with Crippen molar-refractivity contribution in [1.82, 2.24) is 5.32 Å². The third kappa shape index (κ3) is 2.29. The second-order valence-electron chi connectivity index (χ2n) is 4.97. The molecule has 2 aliphatic rings. The van der Waals surface area contributed by atoms with Crippen LogP contribution in [0.15, 0.2) is 16.6 Å². The third-order valence-electron chi connectivity index (χ3n) is 3.46. The van der Waals surface area contributed by atoms with Gasteiger partial charge in [0, 0.05) is 12.6 Å². The van der Waals surface area contributed by atoms with Crippen LogP contribution in [-0.4, -0.2) is 12.8 Å². The van der Waals surface area contributed by atoms with Gasteiger partial charge in [0.15, 0.2) is 11.5 Å². The van der Waals surface area contributed by atoms with E-state index in [4.69, 9.17) is 9.47 Å². The molecule has 1 aliphatic heterocycles. The van der Waals surface area contributed by atoms with Crippen molar-refractivity contribution in [2.45, 2.75) is 32.4 Å². The largest absolute Gasteiger partial charge is 0.454 e. The second kappa shape index (κ2) is 4.50. The van der Waals surface area contributed by atoms with E-state index in [9.17, 15) is 0 Å². The summed E-state index contributed by atoms with van der Waals surface area (Å²) in [4.78, 5) is 0. The zero-order valence-electron chi connectivity index (χ0n) is 9.83. The molecule has 0 aromatic heterocycles. The van der Waals surface area contributed by atoms with Crippen LogP contribution in [0.3, 0.4) is 0 Å². The smallest absolute Gasteiger partial charge is 0.231 e. The van der Waals surface area contributed by atoms with E-state index in [1.54, 1.807) is 0 Å². The first kappa shape index (κ1) is 11.4. The normalized spacial score (nSPS) is 25.8. The first-order valence-corrected chi connectivity index (χ1v) is 6.83. The molecule has 0 spiro atoms. The standard InChI is InChI=1S/C13H16BrNO2/c1-8-2-10(3-8)15-6-9-4-11(14)13-12(5-9)16-7-17-13/h4-5,8,10,15H,2-3,6-7H2,1H3. The van der Waals surface area contributed by atoms with Gasteiger partial charge in [-0.1, -0.05) is 6.92 Å². The molecule has 3 nitrogen and oxygen atoms in total. The summed E-state index contributed by atoms with van der Waals surface area (Å²) in [5, 5.41) is 3.57. The highest BCUT2D eigenvalue weighted by Gasteiger charge is 2.25. The molecule has 1 aromatic rings. The topological polar surface area (TPSA) is 30.5 Å². The molecule has 0 atom stereocenters. The Labute approximate surface area is 110 Å². The Morgan fingerprint density at radius 2 is 2.18 bits per heavy atom. The molecule has 3 rings (SSSR count). The Bertz CT molecular complexity index is 430. The third-order valence-corrected chi connectivity index (χ3v) is 4.04. The van der Waals surface area contributed by atoms with Gasteiger partial charge in [0.25, 0.3) is 0 Å². The average molecular weight is 298 g/mol. The number of hydrogen-bond donors (Lipinski definition) is 1. The van der Waals surface area contributed by atoms with Crippen LogP contribution >= 0.6 is 15.9 Å². The quantitative estimate of drug-likeness (QED) is 0.930. The molecule has 1 saturated carbocycles. The van der Waals surface area contributed by atoms with Crippen LogP contribution < -0.4 is 14.8 Å². The minimum absolute atomic E-state index is 0.324. The van der Waals surface area contributed by atoms with Gasteiger partial charge < -0.3 is 14.8 Å². The maximum absolute atomic E-state index is 5.40. The second-order valence-corrected chi connectivity index (χ2v) is 5.82. The van der Waals surface area contributed by atoms with Crippen LogP contribution in [0.1, 0.15) is 25.3 Å². The molecule has 92 valence electrons. The van der Waals surface area contributed by atoms with E-state index in [2.05, 4.69) is 40.3 Å². The van der Waals surface area contributed by atoms with E-state index < -0.39 is 0 Å². The molecule has 0 saturated heterocycles. The number of nitrogens with one attached hydrogen (secondary N) is 1. The zero-order chi connectivity index (χ0) is 11.8. The lowest BCUT2D eigenvalue weighted by Crippen LogP contribution is -2.39. The predicted molar refractivity (Wildman–Crippen MR) is 69.3 cm³/mol. The Kier molecular flexibility index (Phi) is 3.01. The van der Waals surface area contributed by atoms with Crippen molar-refractivity contribution >= 4 is 15.9 Å². The van der Waals surface area contributed by atoms with Gasteiger partial charge in [0.05, 0.1) is 4.47 Å². The molecule has 0 radical (unpaired) electrons. The zero-order valence-corrected chi connectivity index (χ0v) is 11.4. The van der Waals surface area contributed by atoms with Gasteiger partial charge >= 0.3 is 0 Å². The van der Waals surface area contributed by atoms with Gasteiger partial charge in [-0.15, -0.1) is 0 Å². The van der Waals surface area contributed by atoms with Crippen LogP contribution in [0.4, 0.5) is 0 Å². The molecule has 0 amide bonds. The summed E-state index contributed by atoms with van der Waals surface area (Å²) < 4.78 is 11.7. The fourth-order valence-electron chi connectivity index (χ4n) is 2.45. The highest BCUT2D eigenvalue weighted by Crippen LogP contribution is 2.40. The summed E-state index contributed by atoms with van der Waals surface area (Å²) in [6.45, 7) is 3.52. The molecule has 4 heteroatoms. The molecule has 17 heavy (non-hydrogen) atoms. The maximum Gasteiger partial charge on any atom is 0.231 e. The number of fused-ring (bicyclic) bond motifs is 1. The van der Waals surface area contributed by atoms with Crippen molar-refractivity contribution in [1.29, 1.82) is 0 Å². The Balaban J connectivity index is 1.65. The van der Waals surface area contributed by atoms with Gasteiger partial charge in [-0.05, 0) is 52.4 Å². The number of ether oxygens (including phenoxy) is 2. The van der Waals surface area contributed by atoms with E-state index in [0.717, 1.165) is 28.4 Å². The van der Waals surface area contributed by atoms with Crippen molar-refractivity contribution in [3.63, 3.8) is 0 Å². The highest BCUT2D eigenvalue weighted by molar-refractivity contribution is 9.10. The van der Waals surface area contributed by atoms with Gasteiger partial charge in [0.2, 0.25) is 6.79 Å². The van der Waals surface area contributed by atoms with Crippen LogP contribution in [0.5, 0.6) is 11.5 Å². The summed E-state index contributed by atoms with van der Waals surface area (Å²) in [6, 6.07) is 4.85. The van der Waals surface area contributed by atoms with Crippen LogP contribution in [0, 0.1) is 5.92 Å². The lowest BCUT2D eigenvalue weighted by Gasteiger charge is -2.33. The maximum atomic E-state index is 5.40. The summed E-state index contributed by atoms with van der Waals surface area (Å²) in [5.74, 6) is 2.56. The summed E-state index contributed by atoms with van der Waals surface area (Å²) in [7, 11) is 0. The fraction of sp³-hybridized carbons (Fsp3) is 0.538. The lowest BCUT2D eigenvalue weighted by atomic mass is 9.82. The van der Waals surface area contributed by atoms with E-state index in [0.29, 0.717) is 12.8 Å². The molecule has 0 unspecified atom stereocenters. The molecular formula is C13H16BrNO2. The SMILES string of the molecule is CC1CC(NCc2cc(Br)c3c(c2)OCO3)C1. The van der Waals surface area contributed by atoms with Crippen molar-refractivity contribution < 1.29 is 9.47 Å². The van der Waals surface area contributed by atoms with Crippen molar-refractivity contribution in [2.24, 2.45) is 5.92 Å². The van der Waals surface area contributed by atoms with E-state index in [1.807, 2.05) is 0 Å². The lowest BCUT2D eigenvalue weighted by molar-refractivity contribution is 0.173. The van der Waals surface area contributed by atoms with Crippen LogP contribution in [0.25, 0.3) is 0 Å². The van der Waals surface area contributed by atoms with Gasteiger partial charge in [-0.2, -0.15) is 0 Å². The summed E-state index contributed by atoms with van der Waals surface area (Å²) >= 11 is 3.51. The number of halogens is 1. The van der Waals surface area contributed by atoms with Crippen molar-refractivity contribution in [3.8, 4) is 11.5 Å². The molecule has 1 N–H and O–H groups in total. The Hall–Kier alpha value is -0.740. The van der Waals surface area contributed by atoms with Crippen molar-refractivity contribution in [3.05, 3.63) is 22.2 Å². The Morgan fingerprint density at radius 1 is 1.35 bits per heavy atom. The van der Waals surface area contributed by atoms with Gasteiger partial charge in [-0.25, -0.2) is 0 Å². The van der Waals surface area contributed by atoms with Crippen LogP contribution in [0.2, 0.25) is 0 Å². The van der Waals surface area contributed by atoms with E-state index in [1.165, 1.54) is 18.4 Å². The van der Waals surface area contributed by atoms with E-state index >= 15 is 0 Å². The molecule has 1 aromatic carbocycles. The number of benzene rings is 1. The number of rotatable bonds is 3. The highest BCUT2D eigenvalue weighted by atomic mass is 79.9. The molecule has 0 bridgehead atoms. The average Bonchev–Trinajstić information content (AvgIpc) is 2.71. The first-order valence-electron chi connectivity index (χ1n) is 6.04. The molecule has 1 heterocycles. The van der Waals surface area contributed by atoms with E-state index in [-0.39, 0.29) is 0 Å². The number of hydrogen-bond acceptors (Lipinski definition) is 3. The minimum atomic E-state index is 0.324. The minimum Gasteiger partial charge on any atom is -0.454 e. The molecular weight excluding hydrogens is 282 g/mol. The summed E-state index contributed by atoms with van der Waals surface area (Å²) in [5.41, 5.74) is 1.24. The predicted octanol–water partition coefficient (Wildman–Crippen LogP) is 3.07. The summed E-state index contributed by atoms with van der Waals surface area (Å²) in [6.07, 6.45) is 2.59. The monoisotopic (exact) mass is 297 g/mol. The molecule has 1 aliphatic carbocycles. The Morgan fingerprint density at radius 3 is 2.94 bits per heavy atom. The fourth-order valence-corrected chi connectivity index (χ4v) is 3.06. The van der Waals surface area contributed by atoms with Gasteiger partial charge in [0.1, 0.15) is 0 Å². The van der Waals surface area contributed by atoms with Crippen molar-refractivity contribution in [2.75, 3.05) is 6.79 Å². The van der Waals surface area contributed by atoms with Crippen LogP contribution in [-0.2, 0) is 6.54 Å². The molecule has 1 fully saturated rings. The van der Waals surface area contributed by atoms with Gasteiger partial charge in [-0.3, -0.25) is 0 Å².